The van der Waals surface area contributed by atoms with Crippen molar-refractivity contribution in [3.8, 4) is 0 Å². The molecule has 0 bridgehead atoms. The average Bonchev–Trinajstić information content (AvgIpc) is 3.16. The van der Waals surface area contributed by atoms with Crippen molar-refractivity contribution in [1.82, 2.24) is 9.80 Å². The van der Waals surface area contributed by atoms with Crippen LogP contribution in [0.4, 0.5) is 0 Å². The average molecular weight is 339 g/mol. The minimum absolute atomic E-state index is 0.0763. The molecule has 22 heavy (non-hydrogen) atoms. The van der Waals surface area contributed by atoms with Crippen LogP contribution in [-0.4, -0.2) is 47.0 Å². The monoisotopic (exact) mass is 338 g/mol. The van der Waals surface area contributed by atoms with Crippen molar-refractivity contribution in [3.63, 3.8) is 0 Å². The number of carbonyl (C=O) groups excluding carboxylic acids is 2. The van der Waals surface area contributed by atoms with Gasteiger partial charge in [-0.3, -0.25) is 9.59 Å². The van der Waals surface area contributed by atoms with Crippen molar-refractivity contribution in [2.24, 2.45) is 0 Å². The lowest BCUT2D eigenvalue weighted by Gasteiger charge is -2.25. The highest BCUT2D eigenvalue weighted by molar-refractivity contribution is 8.00. The molecule has 3 rings (SSSR count). The van der Waals surface area contributed by atoms with Crippen LogP contribution in [0.15, 0.2) is 24.3 Å². The van der Waals surface area contributed by atoms with E-state index < -0.39 is 0 Å². The first-order valence-electron chi connectivity index (χ1n) is 7.60. The van der Waals surface area contributed by atoms with Crippen LogP contribution >= 0.6 is 23.4 Å². The van der Waals surface area contributed by atoms with Crippen molar-refractivity contribution >= 4 is 35.2 Å². The standard InChI is InChI=1S/C16H19ClN2O2S/c17-13-6-2-1-5-12(13)16-19(15(21)11-22-16)10-7-14(20)18-8-3-4-9-18/h1-2,5-6,16H,3-4,7-11H2. The molecule has 0 aromatic heterocycles. The van der Waals surface area contributed by atoms with E-state index in [2.05, 4.69) is 0 Å². The van der Waals surface area contributed by atoms with Crippen LogP contribution in [0, 0.1) is 0 Å². The molecule has 0 spiro atoms. The van der Waals surface area contributed by atoms with E-state index in [9.17, 15) is 9.59 Å². The minimum atomic E-state index is -0.0763. The zero-order chi connectivity index (χ0) is 15.5. The van der Waals surface area contributed by atoms with Gasteiger partial charge in [-0.2, -0.15) is 0 Å². The fraction of sp³-hybridized carbons (Fsp3) is 0.500. The summed E-state index contributed by atoms with van der Waals surface area (Å²) in [6.45, 7) is 2.18. The SMILES string of the molecule is O=C(CCN1C(=O)CSC1c1ccccc1Cl)N1CCCC1. The predicted molar refractivity (Wildman–Crippen MR) is 88.8 cm³/mol. The maximum Gasteiger partial charge on any atom is 0.233 e. The number of amides is 2. The van der Waals surface area contributed by atoms with E-state index in [0.717, 1.165) is 31.5 Å². The molecule has 2 fully saturated rings. The number of benzene rings is 1. The number of rotatable bonds is 4. The molecule has 6 heteroatoms. The number of carbonyl (C=O) groups is 2. The molecule has 2 heterocycles. The lowest BCUT2D eigenvalue weighted by Crippen LogP contribution is -2.34. The van der Waals surface area contributed by atoms with Crippen LogP contribution in [0.25, 0.3) is 0 Å². The molecule has 1 atom stereocenters. The van der Waals surface area contributed by atoms with Crippen LogP contribution in [0.1, 0.15) is 30.2 Å². The summed E-state index contributed by atoms with van der Waals surface area (Å²) < 4.78 is 0. The molecular formula is C16H19ClN2O2S. The number of hydrogen-bond donors (Lipinski definition) is 0. The van der Waals surface area contributed by atoms with Crippen molar-refractivity contribution in [2.75, 3.05) is 25.4 Å². The van der Waals surface area contributed by atoms with E-state index in [1.165, 1.54) is 0 Å². The van der Waals surface area contributed by atoms with Gasteiger partial charge in [0.1, 0.15) is 5.37 Å². The predicted octanol–water partition coefficient (Wildman–Crippen LogP) is 2.93. The largest absolute Gasteiger partial charge is 0.343 e. The van der Waals surface area contributed by atoms with E-state index in [0.29, 0.717) is 23.7 Å². The fourth-order valence-corrected chi connectivity index (χ4v) is 4.53. The Morgan fingerprint density at radius 1 is 1.27 bits per heavy atom. The summed E-state index contributed by atoms with van der Waals surface area (Å²) in [6.07, 6.45) is 2.58. The lowest BCUT2D eigenvalue weighted by molar-refractivity contribution is -0.132. The molecule has 2 aliphatic heterocycles. The number of likely N-dealkylation sites (tertiary alicyclic amines) is 1. The van der Waals surface area contributed by atoms with Gasteiger partial charge >= 0.3 is 0 Å². The van der Waals surface area contributed by atoms with Crippen molar-refractivity contribution in [2.45, 2.75) is 24.6 Å². The number of thioether (sulfide) groups is 1. The Morgan fingerprint density at radius 3 is 2.73 bits per heavy atom. The maximum absolute atomic E-state index is 12.2. The molecule has 1 aromatic carbocycles. The van der Waals surface area contributed by atoms with Crippen LogP contribution in [0.3, 0.4) is 0 Å². The van der Waals surface area contributed by atoms with Crippen LogP contribution in [0.2, 0.25) is 5.02 Å². The minimum Gasteiger partial charge on any atom is -0.343 e. The first-order valence-corrected chi connectivity index (χ1v) is 9.03. The first-order chi connectivity index (χ1) is 10.7. The molecule has 118 valence electrons. The molecule has 0 radical (unpaired) electrons. The molecule has 2 saturated heterocycles. The molecule has 0 N–H and O–H groups in total. The van der Waals surface area contributed by atoms with Crippen LogP contribution in [-0.2, 0) is 9.59 Å². The molecular weight excluding hydrogens is 320 g/mol. The molecule has 1 aromatic rings. The Balaban J connectivity index is 1.66. The van der Waals surface area contributed by atoms with Gasteiger partial charge in [-0.05, 0) is 18.9 Å². The van der Waals surface area contributed by atoms with Crippen molar-refractivity contribution in [3.05, 3.63) is 34.9 Å². The second kappa shape index (κ2) is 6.92. The van der Waals surface area contributed by atoms with E-state index in [1.807, 2.05) is 29.2 Å². The van der Waals surface area contributed by atoms with E-state index in [4.69, 9.17) is 11.6 Å². The summed E-state index contributed by atoms with van der Waals surface area (Å²) >= 11 is 7.83. The smallest absolute Gasteiger partial charge is 0.233 e. The van der Waals surface area contributed by atoms with Gasteiger partial charge in [0.25, 0.3) is 0 Å². The summed E-state index contributed by atoms with van der Waals surface area (Å²) in [5.74, 6) is 0.692. The second-order valence-corrected chi connectivity index (χ2v) is 7.09. The topological polar surface area (TPSA) is 40.6 Å². The number of nitrogens with zero attached hydrogens (tertiary/aromatic N) is 2. The van der Waals surface area contributed by atoms with Gasteiger partial charge in [-0.25, -0.2) is 0 Å². The summed E-state index contributed by atoms with van der Waals surface area (Å²) in [4.78, 5) is 28.0. The van der Waals surface area contributed by atoms with E-state index >= 15 is 0 Å². The highest BCUT2D eigenvalue weighted by atomic mass is 35.5. The summed E-state index contributed by atoms with van der Waals surface area (Å²) in [6, 6.07) is 7.61. The molecule has 1 unspecified atom stereocenters. The van der Waals surface area contributed by atoms with Crippen LogP contribution in [0.5, 0.6) is 0 Å². The maximum atomic E-state index is 12.2. The lowest BCUT2D eigenvalue weighted by atomic mass is 10.2. The Morgan fingerprint density at radius 2 is 2.00 bits per heavy atom. The number of halogens is 1. The summed E-state index contributed by atoms with van der Waals surface area (Å²) in [5.41, 5.74) is 0.952. The summed E-state index contributed by atoms with van der Waals surface area (Å²) in [5, 5.41) is 0.596. The van der Waals surface area contributed by atoms with Gasteiger partial charge in [0.2, 0.25) is 11.8 Å². The molecule has 4 nitrogen and oxygen atoms in total. The Bertz CT molecular complexity index is 575. The van der Waals surface area contributed by atoms with E-state index in [1.54, 1.807) is 16.7 Å². The van der Waals surface area contributed by atoms with Crippen molar-refractivity contribution in [1.29, 1.82) is 0 Å². The van der Waals surface area contributed by atoms with Gasteiger partial charge in [-0.15, -0.1) is 11.8 Å². The molecule has 0 saturated carbocycles. The third-order valence-electron chi connectivity index (χ3n) is 4.16. The highest BCUT2D eigenvalue weighted by Crippen LogP contribution is 2.41. The zero-order valence-corrected chi connectivity index (χ0v) is 13.9. The Labute approximate surface area is 139 Å². The molecule has 0 aliphatic carbocycles. The van der Waals surface area contributed by atoms with Gasteiger partial charge in [0, 0.05) is 36.6 Å². The molecule has 2 aliphatic rings. The third kappa shape index (κ3) is 3.25. The van der Waals surface area contributed by atoms with Gasteiger partial charge in [0.15, 0.2) is 0 Å². The highest BCUT2D eigenvalue weighted by Gasteiger charge is 2.34. The first kappa shape index (κ1) is 15.7. The van der Waals surface area contributed by atoms with Gasteiger partial charge in [0.05, 0.1) is 5.75 Å². The Kier molecular flexibility index (Phi) is 4.93. The quantitative estimate of drug-likeness (QED) is 0.847. The molecule has 2 amide bonds. The zero-order valence-electron chi connectivity index (χ0n) is 12.3. The van der Waals surface area contributed by atoms with Gasteiger partial charge < -0.3 is 9.80 Å². The normalized spacial score (nSPS) is 21.7. The number of hydrogen-bond acceptors (Lipinski definition) is 3. The van der Waals surface area contributed by atoms with Crippen molar-refractivity contribution < 1.29 is 9.59 Å². The third-order valence-corrected chi connectivity index (χ3v) is 5.75. The Hall–Kier alpha value is -1.20. The fourth-order valence-electron chi connectivity index (χ4n) is 2.97. The van der Waals surface area contributed by atoms with Crippen LogP contribution < -0.4 is 0 Å². The van der Waals surface area contributed by atoms with Gasteiger partial charge in [-0.1, -0.05) is 29.8 Å². The summed E-state index contributed by atoms with van der Waals surface area (Å²) in [7, 11) is 0. The second-order valence-electron chi connectivity index (χ2n) is 5.61. The van der Waals surface area contributed by atoms with E-state index in [-0.39, 0.29) is 17.2 Å².